The van der Waals surface area contributed by atoms with E-state index >= 15 is 0 Å². The van der Waals surface area contributed by atoms with Gasteiger partial charge in [0.2, 0.25) is 0 Å². The Balaban J connectivity index is 1.49. The highest BCUT2D eigenvalue weighted by Gasteiger charge is 2.34. The molecule has 2 N–H and O–H groups in total. The number of thiazole rings is 1. The average molecular weight is 522 g/mol. The van der Waals surface area contributed by atoms with Gasteiger partial charge in [-0.2, -0.15) is 5.10 Å². The minimum Gasteiger partial charge on any atom is -0.464 e. The lowest BCUT2D eigenvalue weighted by atomic mass is 10.00. The number of para-hydroxylation sites is 1. The van der Waals surface area contributed by atoms with Gasteiger partial charge in [0.15, 0.2) is 4.80 Å². The van der Waals surface area contributed by atoms with Crippen molar-refractivity contribution in [2.24, 2.45) is 4.99 Å². The number of nitrogens with one attached hydrogen (secondary N) is 2. The molecule has 1 aliphatic heterocycles. The van der Waals surface area contributed by atoms with Gasteiger partial charge in [0.25, 0.3) is 11.5 Å². The summed E-state index contributed by atoms with van der Waals surface area (Å²) in [6.07, 6.45) is 3.50. The van der Waals surface area contributed by atoms with Crippen LogP contribution in [0.1, 0.15) is 30.0 Å². The predicted octanol–water partition coefficient (Wildman–Crippen LogP) is 4.17. The smallest absolute Gasteiger partial charge is 0.271 e. The molecule has 2 aromatic carbocycles. The molecule has 4 heterocycles. The van der Waals surface area contributed by atoms with Crippen molar-refractivity contribution in [2.45, 2.75) is 19.9 Å². The number of aromatic nitrogens is 3. The van der Waals surface area contributed by atoms with Crippen LogP contribution in [0.4, 0.5) is 5.69 Å². The van der Waals surface area contributed by atoms with Crippen LogP contribution in [-0.4, -0.2) is 20.7 Å². The molecule has 8 nitrogen and oxygen atoms in total. The lowest BCUT2D eigenvalue weighted by Crippen LogP contribution is -2.40. The second kappa shape index (κ2) is 9.60. The van der Waals surface area contributed by atoms with Gasteiger partial charge in [-0.1, -0.05) is 59.9 Å². The third-order valence-corrected chi connectivity index (χ3v) is 7.33. The summed E-state index contributed by atoms with van der Waals surface area (Å²) < 4.78 is 8.00. The normalized spacial score (nSPS) is 15.3. The molecule has 0 saturated heterocycles. The number of hydrogen-bond donors (Lipinski definition) is 2. The number of allylic oxidation sites excluding steroid dienone is 1. The zero-order chi connectivity index (χ0) is 26.2. The monoisotopic (exact) mass is 521 g/mol. The Morgan fingerprint density at radius 3 is 2.50 bits per heavy atom. The average Bonchev–Trinajstić information content (AvgIpc) is 3.64. The minimum absolute atomic E-state index is 0.259. The number of benzene rings is 2. The van der Waals surface area contributed by atoms with Crippen LogP contribution in [0.25, 0.3) is 17.3 Å². The van der Waals surface area contributed by atoms with E-state index in [0.29, 0.717) is 37.8 Å². The van der Waals surface area contributed by atoms with Gasteiger partial charge in [0.05, 0.1) is 27.7 Å². The van der Waals surface area contributed by atoms with Gasteiger partial charge in [-0.25, -0.2) is 4.99 Å². The Morgan fingerprint density at radius 2 is 1.79 bits per heavy atom. The van der Waals surface area contributed by atoms with E-state index in [1.165, 1.54) is 11.3 Å². The summed E-state index contributed by atoms with van der Waals surface area (Å²) in [5.74, 6) is 0.841. The standard InChI is InChI=1S/C29H23N5O3S/c1-17-13-14-22(37-17)26-24(27(35)32-21-11-7-4-8-12-21)18(2)31-29-34(26)28(36)23(38-29)15-20-16-30-33-25(20)19-9-5-3-6-10-19/h3-16,26H,1-2H3,(H,30,33)(H,32,35)/b23-15+. The highest BCUT2D eigenvalue weighted by Crippen LogP contribution is 2.32. The van der Waals surface area contributed by atoms with Gasteiger partial charge >= 0.3 is 0 Å². The molecule has 188 valence electrons. The Hall–Kier alpha value is -4.76. The number of fused-ring (bicyclic) bond motifs is 1. The van der Waals surface area contributed by atoms with Crippen LogP contribution in [0.5, 0.6) is 0 Å². The summed E-state index contributed by atoms with van der Waals surface area (Å²) in [6, 6.07) is 21.9. The van der Waals surface area contributed by atoms with Crippen LogP contribution in [0.15, 0.2) is 104 Å². The van der Waals surface area contributed by atoms with Gasteiger partial charge in [0, 0.05) is 16.8 Å². The number of carbonyl (C=O) groups is 1. The third-order valence-electron chi connectivity index (χ3n) is 6.35. The van der Waals surface area contributed by atoms with Gasteiger partial charge in [-0.05, 0) is 44.2 Å². The second-order valence-electron chi connectivity index (χ2n) is 8.92. The van der Waals surface area contributed by atoms with Crippen molar-refractivity contribution in [2.75, 3.05) is 5.32 Å². The van der Waals surface area contributed by atoms with E-state index in [1.807, 2.05) is 79.7 Å². The summed E-state index contributed by atoms with van der Waals surface area (Å²) in [5.41, 5.74) is 3.83. The molecule has 6 rings (SSSR count). The zero-order valence-corrected chi connectivity index (χ0v) is 21.5. The lowest BCUT2D eigenvalue weighted by Gasteiger charge is -2.23. The molecule has 1 unspecified atom stereocenters. The number of amides is 1. The van der Waals surface area contributed by atoms with Crippen molar-refractivity contribution >= 4 is 29.0 Å². The van der Waals surface area contributed by atoms with E-state index in [-0.39, 0.29) is 11.5 Å². The van der Waals surface area contributed by atoms with Gasteiger partial charge < -0.3 is 9.73 Å². The van der Waals surface area contributed by atoms with E-state index in [0.717, 1.165) is 16.8 Å². The molecule has 1 atom stereocenters. The summed E-state index contributed by atoms with van der Waals surface area (Å²) in [6.45, 7) is 3.61. The zero-order valence-electron chi connectivity index (χ0n) is 20.6. The fourth-order valence-corrected chi connectivity index (χ4v) is 5.62. The highest BCUT2D eigenvalue weighted by atomic mass is 32.1. The Labute approximate surface area is 221 Å². The van der Waals surface area contributed by atoms with E-state index < -0.39 is 6.04 Å². The number of aryl methyl sites for hydroxylation is 1. The first kappa shape index (κ1) is 23.6. The summed E-state index contributed by atoms with van der Waals surface area (Å²) >= 11 is 1.27. The van der Waals surface area contributed by atoms with Crippen LogP contribution in [0, 0.1) is 6.92 Å². The van der Waals surface area contributed by atoms with Crippen molar-refractivity contribution in [3.63, 3.8) is 0 Å². The molecule has 0 saturated carbocycles. The maximum Gasteiger partial charge on any atom is 0.271 e. The molecule has 5 aromatic rings. The minimum atomic E-state index is -0.760. The second-order valence-corrected chi connectivity index (χ2v) is 9.93. The van der Waals surface area contributed by atoms with Gasteiger partial charge in [0.1, 0.15) is 17.6 Å². The van der Waals surface area contributed by atoms with Gasteiger partial charge in [-0.3, -0.25) is 19.3 Å². The molecule has 38 heavy (non-hydrogen) atoms. The largest absolute Gasteiger partial charge is 0.464 e. The highest BCUT2D eigenvalue weighted by molar-refractivity contribution is 7.07. The molecular formula is C29H23N5O3S. The Bertz CT molecular complexity index is 1860. The van der Waals surface area contributed by atoms with Crippen LogP contribution in [-0.2, 0) is 4.79 Å². The van der Waals surface area contributed by atoms with Crippen molar-refractivity contribution < 1.29 is 9.21 Å². The third kappa shape index (κ3) is 4.22. The van der Waals surface area contributed by atoms with Crippen molar-refractivity contribution in [3.05, 3.63) is 127 Å². The SMILES string of the molecule is CC1=C(C(=O)Nc2ccccc2)C(c2ccc(C)o2)n2c(s/c(=C/c3cn[nH]c3-c3ccccc3)c2=O)=N1. The molecule has 0 aliphatic carbocycles. The first-order chi connectivity index (χ1) is 18.5. The Kier molecular flexibility index (Phi) is 5.97. The van der Waals surface area contributed by atoms with Crippen molar-refractivity contribution in [1.29, 1.82) is 0 Å². The van der Waals surface area contributed by atoms with Crippen LogP contribution in [0.3, 0.4) is 0 Å². The van der Waals surface area contributed by atoms with E-state index in [1.54, 1.807) is 23.8 Å². The van der Waals surface area contributed by atoms with E-state index in [9.17, 15) is 9.59 Å². The van der Waals surface area contributed by atoms with Crippen LogP contribution < -0.4 is 20.2 Å². The molecule has 0 spiro atoms. The first-order valence-electron chi connectivity index (χ1n) is 12.0. The number of furan rings is 1. The van der Waals surface area contributed by atoms with E-state index in [4.69, 9.17) is 4.42 Å². The molecule has 9 heteroatoms. The Morgan fingerprint density at radius 1 is 1.05 bits per heavy atom. The topological polar surface area (TPSA) is 105 Å². The van der Waals surface area contributed by atoms with Gasteiger partial charge in [-0.15, -0.1) is 0 Å². The number of hydrogen-bond acceptors (Lipinski definition) is 6. The summed E-state index contributed by atoms with van der Waals surface area (Å²) in [4.78, 5) is 32.6. The molecule has 1 aliphatic rings. The molecule has 1 amide bonds. The number of anilines is 1. The fraction of sp³-hybridized carbons (Fsp3) is 0.103. The van der Waals surface area contributed by atoms with E-state index in [2.05, 4.69) is 20.5 Å². The number of nitrogens with zero attached hydrogens (tertiary/aromatic N) is 3. The summed E-state index contributed by atoms with van der Waals surface area (Å²) in [7, 11) is 0. The van der Waals surface area contributed by atoms with Crippen LogP contribution in [0.2, 0.25) is 0 Å². The first-order valence-corrected chi connectivity index (χ1v) is 12.9. The molecule has 3 aromatic heterocycles. The number of aromatic amines is 1. The quantitative estimate of drug-likeness (QED) is 0.362. The summed E-state index contributed by atoms with van der Waals surface area (Å²) in [5, 5.41) is 10.2. The molecule has 0 fully saturated rings. The fourth-order valence-electron chi connectivity index (χ4n) is 4.58. The molecule has 0 radical (unpaired) electrons. The molecular weight excluding hydrogens is 498 g/mol. The lowest BCUT2D eigenvalue weighted by molar-refractivity contribution is -0.113. The maximum absolute atomic E-state index is 13.9. The van der Waals surface area contributed by atoms with Crippen molar-refractivity contribution in [3.8, 4) is 11.3 Å². The number of carbonyl (C=O) groups excluding carboxylic acids is 1. The molecule has 0 bridgehead atoms. The number of H-pyrrole nitrogens is 1. The van der Waals surface area contributed by atoms with Crippen molar-refractivity contribution in [1.82, 2.24) is 14.8 Å². The predicted molar refractivity (Wildman–Crippen MR) is 146 cm³/mol. The van der Waals surface area contributed by atoms with Crippen LogP contribution >= 0.6 is 11.3 Å². The number of rotatable bonds is 5. The maximum atomic E-state index is 13.9.